The fraction of sp³-hybridized carbons (Fsp3) is 0.375. The van der Waals surface area contributed by atoms with Crippen molar-refractivity contribution < 1.29 is 28.7 Å². The Morgan fingerprint density at radius 1 is 1.00 bits per heavy atom. The number of hydrogen-bond acceptors (Lipinski definition) is 6. The lowest BCUT2D eigenvalue weighted by Crippen LogP contribution is -2.40. The first-order valence-corrected chi connectivity index (χ1v) is 6.86. The Balaban J connectivity index is 1.95. The number of carbonyl (C=O) groups excluding carboxylic acids is 4. The Kier molecular flexibility index (Phi) is 5.04. The van der Waals surface area contributed by atoms with E-state index >= 15 is 0 Å². The first kappa shape index (κ1) is 15.9. The van der Waals surface area contributed by atoms with E-state index in [1.165, 1.54) is 0 Å². The summed E-state index contributed by atoms with van der Waals surface area (Å²) in [5.41, 5.74) is 0.790. The van der Waals surface area contributed by atoms with Crippen LogP contribution in [0.1, 0.15) is 18.4 Å². The van der Waals surface area contributed by atoms with Gasteiger partial charge >= 0.3 is 11.9 Å². The van der Waals surface area contributed by atoms with Gasteiger partial charge in [0.05, 0.1) is 7.11 Å². The molecule has 2 rings (SSSR count). The number of benzene rings is 1. The molecule has 22 heavy (non-hydrogen) atoms. The fourth-order valence-corrected chi connectivity index (χ4v) is 2.32. The molecule has 2 unspecified atom stereocenters. The van der Waals surface area contributed by atoms with Crippen LogP contribution >= 0.6 is 0 Å². The van der Waals surface area contributed by atoms with Crippen molar-refractivity contribution in [3.8, 4) is 0 Å². The van der Waals surface area contributed by atoms with Crippen molar-refractivity contribution >= 4 is 23.5 Å². The molecule has 0 amide bonds. The van der Waals surface area contributed by atoms with Crippen LogP contribution in [0.2, 0.25) is 0 Å². The van der Waals surface area contributed by atoms with Gasteiger partial charge in [-0.3, -0.25) is 19.2 Å². The summed E-state index contributed by atoms with van der Waals surface area (Å²) < 4.78 is 9.56. The van der Waals surface area contributed by atoms with Crippen LogP contribution in [-0.4, -0.2) is 30.6 Å². The largest absolute Gasteiger partial charge is 0.468 e. The van der Waals surface area contributed by atoms with Gasteiger partial charge in [-0.1, -0.05) is 30.3 Å². The maximum atomic E-state index is 12.0. The zero-order chi connectivity index (χ0) is 16.1. The number of ether oxygens (including phenoxy) is 2. The minimum absolute atomic E-state index is 0.0398. The van der Waals surface area contributed by atoms with E-state index in [4.69, 9.17) is 4.74 Å². The number of hydrogen-bond donors (Lipinski definition) is 0. The third kappa shape index (κ3) is 3.58. The number of ketones is 2. The third-order valence-corrected chi connectivity index (χ3v) is 3.58. The summed E-state index contributed by atoms with van der Waals surface area (Å²) in [4.78, 5) is 47.2. The molecule has 6 nitrogen and oxygen atoms in total. The molecule has 1 fully saturated rings. The topological polar surface area (TPSA) is 86.7 Å². The lowest BCUT2D eigenvalue weighted by atomic mass is 9.80. The van der Waals surface area contributed by atoms with Crippen LogP contribution in [0.4, 0.5) is 0 Å². The van der Waals surface area contributed by atoms with Crippen molar-refractivity contribution in [3.05, 3.63) is 35.9 Å². The smallest absolute Gasteiger partial charge is 0.317 e. The molecule has 1 aliphatic rings. The molecule has 0 bridgehead atoms. The molecule has 1 aliphatic carbocycles. The maximum absolute atomic E-state index is 12.0. The standard InChI is InChI=1S/C16H16O6/c1-21-15(19)11-7-14(18)12(8-13(11)17)16(20)22-9-10-5-3-2-4-6-10/h2-6,11-12H,7-9H2,1H3. The van der Waals surface area contributed by atoms with Crippen molar-refractivity contribution in [1.29, 1.82) is 0 Å². The highest BCUT2D eigenvalue weighted by atomic mass is 16.5. The average Bonchev–Trinajstić information content (AvgIpc) is 2.54. The van der Waals surface area contributed by atoms with E-state index in [0.29, 0.717) is 0 Å². The van der Waals surface area contributed by atoms with E-state index in [0.717, 1.165) is 12.7 Å². The SMILES string of the molecule is COC(=O)C1CC(=O)C(C(=O)OCc2ccccc2)CC1=O. The zero-order valence-electron chi connectivity index (χ0n) is 12.1. The number of methoxy groups -OCH3 is 1. The molecule has 0 heterocycles. The summed E-state index contributed by atoms with van der Waals surface area (Å²) >= 11 is 0. The van der Waals surface area contributed by atoms with E-state index in [1.54, 1.807) is 24.3 Å². The van der Waals surface area contributed by atoms with Crippen LogP contribution in [0.5, 0.6) is 0 Å². The lowest BCUT2D eigenvalue weighted by molar-refractivity contribution is -0.162. The van der Waals surface area contributed by atoms with E-state index in [9.17, 15) is 19.2 Å². The molecule has 6 heteroatoms. The van der Waals surface area contributed by atoms with Gasteiger partial charge in [-0.25, -0.2) is 0 Å². The molecule has 116 valence electrons. The highest BCUT2D eigenvalue weighted by Crippen LogP contribution is 2.25. The lowest BCUT2D eigenvalue weighted by Gasteiger charge is -2.23. The van der Waals surface area contributed by atoms with Crippen molar-refractivity contribution in [2.24, 2.45) is 11.8 Å². The van der Waals surface area contributed by atoms with Gasteiger partial charge in [0.1, 0.15) is 30.0 Å². The van der Waals surface area contributed by atoms with E-state index in [1.807, 2.05) is 6.07 Å². The normalized spacial score (nSPS) is 21.3. The molecule has 1 aromatic carbocycles. The summed E-state index contributed by atoms with van der Waals surface area (Å²) in [6.07, 6.45) is -0.622. The van der Waals surface area contributed by atoms with Gasteiger partial charge in [-0.2, -0.15) is 0 Å². The average molecular weight is 304 g/mol. The van der Waals surface area contributed by atoms with Crippen LogP contribution in [-0.2, 0) is 35.3 Å². The molecule has 2 atom stereocenters. The van der Waals surface area contributed by atoms with Crippen molar-refractivity contribution in [2.75, 3.05) is 7.11 Å². The zero-order valence-corrected chi connectivity index (χ0v) is 12.1. The second kappa shape index (κ2) is 6.98. The van der Waals surface area contributed by atoms with Crippen LogP contribution in [0.3, 0.4) is 0 Å². The molecule has 1 aromatic rings. The molecule has 1 saturated carbocycles. The molecule has 0 saturated heterocycles. The summed E-state index contributed by atoms with van der Waals surface area (Å²) in [6, 6.07) is 9.02. The van der Waals surface area contributed by atoms with E-state index in [2.05, 4.69) is 4.74 Å². The Morgan fingerprint density at radius 3 is 2.09 bits per heavy atom. The molecular formula is C16H16O6. The Labute approximate surface area is 127 Å². The first-order valence-electron chi connectivity index (χ1n) is 6.86. The Bertz CT molecular complexity index is 592. The Morgan fingerprint density at radius 2 is 1.55 bits per heavy atom. The minimum atomic E-state index is -1.13. The monoisotopic (exact) mass is 304 g/mol. The van der Waals surface area contributed by atoms with Gasteiger partial charge in [0.25, 0.3) is 0 Å². The van der Waals surface area contributed by atoms with Gasteiger partial charge in [0, 0.05) is 12.8 Å². The molecule has 0 aromatic heterocycles. The fourth-order valence-electron chi connectivity index (χ4n) is 2.32. The molecule has 0 radical (unpaired) electrons. The summed E-state index contributed by atoms with van der Waals surface area (Å²) in [5, 5.41) is 0. The predicted octanol–water partition coefficient (Wildman–Crippen LogP) is 1.07. The van der Waals surface area contributed by atoms with Gasteiger partial charge < -0.3 is 9.47 Å². The van der Waals surface area contributed by atoms with Gasteiger partial charge in [-0.15, -0.1) is 0 Å². The summed E-state index contributed by atoms with van der Waals surface area (Å²) in [6.45, 7) is 0.0398. The van der Waals surface area contributed by atoms with Crippen LogP contribution < -0.4 is 0 Å². The molecule has 0 N–H and O–H groups in total. The molecule has 0 aliphatic heterocycles. The number of Topliss-reactive ketones (excluding diaryl/α,β-unsaturated/α-hetero) is 2. The predicted molar refractivity (Wildman–Crippen MR) is 74.5 cm³/mol. The number of carbonyl (C=O) groups is 4. The van der Waals surface area contributed by atoms with Crippen molar-refractivity contribution in [3.63, 3.8) is 0 Å². The second-order valence-corrected chi connectivity index (χ2v) is 5.06. The summed E-state index contributed by atoms with van der Waals surface area (Å²) in [7, 11) is 1.15. The molecule has 0 spiro atoms. The van der Waals surface area contributed by atoms with Gasteiger partial charge in [0.2, 0.25) is 0 Å². The number of esters is 2. The van der Waals surface area contributed by atoms with Crippen molar-refractivity contribution in [2.45, 2.75) is 19.4 Å². The van der Waals surface area contributed by atoms with E-state index < -0.39 is 35.3 Å². The second-order valence-electron chi connectivity index (χ2n) is 5.06. The molecular weight excluding hydrogens is 288 g/mol. The maximum Gasteiger partial charge on any atom is 0.317 e. The van der Waals surface area contributed by atoms with Crippen LogP contribution in [0, 0.1) is 11.8 Å². The Hall–Kier alpha value is -2.50. The van der Waals surface area contributed by atoms with Crippen LogP contribution in [0.25, 0.3) is 0 Å². The summed E-state index contributed by atoms with van der Waals surface area (Å²) in [5.74, 6) is -4.63. The van der Waals surface area contributed by atoms with Gasteiger partial charge in [-0.05, 0) is 5.56 Å². The quantitative estimate of drug-likeness (QED) is 0.611. The highest BCUT2D eigenvalue weighted by Gasteiger charge is 2.43. The minimum Gasteiger partial charge on any atom is -0.468 e. The highest BCUT2D eigenvalue weighted by molar-refractivity contribution is 6.12. The van der Waals surface area contributed by atoms with E-state index in [-0.39, 0.29) is 19.4 Å². The first-order chi connectivity index (χ1) is 10.5. The third-order valence-electron chi connectivity index (χ3n) is 3.58. The van der Waals surface area contributed by atoms with Crippen molar-refractivity contribution in [1.82, 2.24) is 0 Å². The van der Waals surface area contributed by atoms with Gasteiger partial charge in [0.15, 0.2) is 0 Å². The van der Waals surface area contributed by atoms with Crippen LogP contribution in [0.15, 0.2) is 30.3 Å². The number of rotatable bonds is 4.